The first-order valence-corrected chi connectivity index (χ1v) is 7.44. The smallest absolute Gasteiger partial charge is 0.251 e. The van der Waals surface area contributed by atoms with Crippen molar-refractivity contribution in [2.75, 3.05) is 6.61 Å². The van der Waals surface area contributed by atoms with Gasteiger partial charge in [0, 0.05) is 28.6 Å². The van der Waals surface area contributed by atoms with E-state index >= 15 is 0 Å². The molecule has 0 bridgehead atoms. The topological polar surface area (TPSA) is 62.2 Å². The second-order valence-electron chi connectivity index (χ2n) is 4.46. The standard InChI is InChI=1S/C16H16N2O2S/c1-12-5-6-14(8-13(12)4-2-3-7-19)16(20)18-10-15-9-17-11-21-15/h5-6,8-9,11,19H,3,7,10H2,1H3,(H,18,20). The van der Waals surface area contributed by atoms with Gasteiger partial charge in [0.2, 0.25) is 0 Å². The van der Waals surface area contributed by atoms with Crippen LogP contribution in [0.1, 0.15) is 32.8 Å². The van der Waals surface area contributed by atoms with Crippen molar-refractivity contribution in [3.63, 3.8) is 0 Å². The summed E-state index contributed by atoms with van der Waals surface area (Å²) in [5.41, 5.74) is 4.15. The molecule has 108 valence electrons. The lowest BCUT2D eigenvalue weighted by Gasteiger charge is -2.05. The average molecular weight is 300 g/mol. The number of aromatic nitrogens is 1. The molecule has 0 atom stereocenters. The maximum atomic E-state index is 12.1. The Morgan fingerprint density at radius 2 is 2.33 bits per heavy atom. The zero-order valence-electron chi connectivity index (χ0n) is 11.7. The average Bonchev–Trinajstić information content (AvgIpc) is 3.00. The van der Waals surface area contributed by atoms with Gasteiger partial charge in [0.1, 0.15) is 0 Å². The number of hydrogen-bond donors (Lipinski definition) is 2. The number of thiazole rings is 1. The van der Waals surface area contributed by atoms with Gasteiger partial charge in [-0.1, -0.05) is 17.9 Å². The molecule has 4 nitrogen and oxygen atoms in total. The van der Waals surface area contributed by atoms with E-state index in [-0.39, 0.29) is 12.5 Å². The monoisotopic (exact) mass is 300 g/mol. The Morgan fingerprint density at radius 1 is 1.48 bits per heavy atom. The van der Waals surface area contributed by atoms with E-state index in [9.17, 15) is 4.79 Å². The van der Waals surface area contributed by atoms with Crippen molar-refractivity contribution in [2.24, 2.45) is 0 Å². The zero-order chi connectivity index (χ0) is 15.1. The minimum atomic E-state index is -0.131. The summed E-state index contributed by atoms with van der Waals surface area (Å²) in [6.45, 7) is 2.46. The summed E-state index contributed by atoms with van der Waals surface area (Å²) < 4.78 is 0. The third kappa shape index (κ3) is 4.42. The van der Waals surface area contributed by atoms with Gasteiger partial charge in [0.05, 0.1) is 18.7 Å². The molecule has 0 aliphatic rings. The highest BCUT2D eigenvalue weighted by Gasteiger charge is 2.07. The van der Waals surface area contributed by atoms with Gasteiger partial charge in [-0.05, 0) is 24.6 Å². The molecular weight excluding hydrogens is 284 g/mol. The number of amides is 1. The molecule has 0 aliphatic carbocycles. The van der Waals surface area contributed by atoms with E-state index in [1.165, 1.54) is 11.3 Å². The van der Waals surface area contributed by atoms with Crippen molar-refractivity contribution < 1.29 is 9.90 Å². The lowest BCUT2D eigenvalue weighted by atomic mass is 10.0. The number of aliphatic hydroxyl groups is 1. The van der Waals surface area contributed by atoms with Crippen LogP contribution in [0, 0.1) is 18.8 Å². The Morgan fingerprint density at radius 3 is 3.05 bits per heavy atom. The first-order valence-electron chi connectivity index (χ1n) is 6.56. The van der Waals surface area contributed by atoms with Crippen molar-refractivity contribution in [3.8, 4) is 11.8 Å². The summed E-state index contributed by atoms with van der Waals surface area (Å²) in [7, 11) is 0. The van der Waals surface area contributed by atoms with Gasteiger partial charge >= 0.3 is 0 Å². The number of aryl methyl sites for hydroxylation is 1. The van der Waals surface area contributed by atoms with Crippen LogP contribution in [0.3, 0.4) is 0 Å². The normalized spacial score (nSPS) is 9.81. The molecule has 0 unspecified atom stereocenters. The molecule has 1 aromatic carbocycles. The minimum absolute atomic E-state index is 0.0427. The molecule has 0 spiro atoms. The third-order valence-corrected chi connectivity index (χ3v) is 3.65. The largest absolute Gasteiger partial charge is 0.395 e. The molecule has 0 saturated heterocycles. The Kier molecular flexibility index (Phi) is 5.50. The van der Waals surface area contributed by atoms with Crippen molar-refractivity contribution in [1.29, 1.82) is 0 Å². The quantitative estimate of drug-likeness (QED) is 0.850. The van der Waals surface area contributed by atoms with Crippen LogP contribution in [-0.4, -0.2) is 22.6 Å². The van der Waals surface area contributed by atoms with Gasteiger partial charge in [0.15, 0.2) is 0 Å². The summed E-state index contributed by atoms with van der Waals surface area (Å²) in [5.74, 6) is 5.72. The summed E-state index contributed by atoms with van der Waals surface area (Å²) in [6.07, 6.45) is 2.17. The molecule has 2 aromatic rings. The highest BCUT2D eigenvalue weighted by molar-refractivity contribution is 7.09. The number of rotatable bonds is 4. The number of hydrogen-bond acceptors (Lipinski definition) is 4. The maximum absolute atomic E-state index is 12.1. The lowest BCUT2D eigenvalue weighted by molar-refractivity contribution is 0.0951. The van der Waals surface area contributed by atoms with Crippen LogP contribution in [0.15, 0.2) is 29.9 Å². The molecule has 0 aliphatic heterocycles. The molecule has 0 radical (unpaired) electrons. The van der Waals surface area contributed by atoms with Crippen LogP contribution in [0.2, 0.25) is 0 Å². The SMILES string of the molecule is Cc1ccc(C(=O)NCc2cncs2)cc1C#CCCO. The maximum Gasteiger partial charge on any atom is 0.251 e. The fourth-order valence-electron chi connectivity index (χ4n) is 1.71. The van der Waals surface area contributed by atoms with Crippen molar-refractivity contribution in [2.45, 2.75) is 19.9 Å². The molecule has 2 N–H and O–H groups in total. The fraction of sp³-hybridized carbons (Fsp3) is 0.250. The Bertz CT molecular complexity index is 669. The Labute approximate surface area is 127 Å². The third-order valence-electron chi connectivity index (χ3n) is 2.87. The fourth-order valence-corrected chi connectivity index (χ4v) is 2.24. The van der Waals surface area contributed by atoms with E-state index in [0.29, 0.717) is 18.5 Å². The summed E-state index contributed by atoms with van der Waals surface area (Å²) in [6, 6.07) is 5.45. The number of carbonyl (C=O) groups excluding carboxylic acids is 1. The molecule has 1 aromatic heterocycles. The summed E-state index contributed by atoms with van der Waals surface area (Å²) >= 11 is 1.51. The van der Waals surface area contributed by atoms with E-state index in [2.05, 4.69) is 22.1 Å². The van der Waals surface area contributed by atoms with Crippen LogP contribution in [0.5, 0.6) is 0 Å². The van der Waals surface area contributed by atoms with Crippen molar-refractivity contribution in [3.05, 3.63) is 51.5 Å². The van der Waals surface area contributed by atoms with Crippen LogP contribution in [0.4, 0.5) is 0 Å². The first kappa shape index (κ1) is 15.2. The van der Waals surface area contributed by atoms with E-state index in [1.807, 2.05) is 13.0 Å². The van der Waals surface area contributed by atoms with E-state index in [4.69, 9.17) is 5.11 Å². The second-order valence-corrected chi connectivity index (χ2v) is 5.43. The summed E-state index contributed by atoms with van der Waals surface area (Å²) in [5, 5.41) is 11.6. The van der Waals surface area contributed by atoms with Gasteiger partial charge in [-0.25, -0.2) is 0 Å². The lowest BCUT2D eigenvalue weighted by Crippen LogP contribution is -2.22. The molecule has 5 heteroatoms. The minimum Gasteiger partial charge on any atom is -0.395 e. The predicted molar refractivity (Wildman–Crippen MR) is 83.0 cm³/mol. The van der Waals surface area contributed by atoms with E-state index < -0.39 is 0 Å². The van der Waals surface area contributed by atoms with Crippen molar-refractivity contribution in [1.82, 2.24) is 10.3 Å². The number of aliphatic hydroxyl groups excluding tert-OH is 1. The van der Waals surface area contributed by atoms with Gasteiger partial charge in [0.25, 0.3) is 5.91 Å². The molecule has 1 amide bonds. The highest BCUT2D eigenvalue weighted by Crippen LogP contribution is 2.11. The van der Waals surface area contributed by atoms with Gasteiger partial charge in [-0.15, -0.1) is 11.3 Å². The van der Waals surface area contributed by atoms with E-state index in [1.54, 1.807) is 23.8 Å². The Hall–Kier alpha value is -2.16. The highest BCUT2D eigenvalue weighted by atomic mass is 32.1. The molecule has 21 heavy (non-hydrogen) atoms. The predicted octanol–water partition coefficient (Wildman–Crippen LogP) is 2.12. The summed E-state index contributed by atoms with van der Waals surface area (Å²) in [4.78, 5) is 17.1. The van der Waals surface area contributed by atoms with Crippen LogP contribution in [0.25, 0.3) is 0 Å². The van der Waals surface area contributed by atoms with Gasteiger partial charge in [-0.3, -0.25) is 9.78 Å². The molecule has 2 rings (SSSR count). The zero-order valence-corrected chi connectivity index (χ0v) is 12.5. The molecule has 0 saturated carbocycles. The molecular formula is C16H16N2O2S. The number of carbonyl (C=O) groups is 1. The molecule has 0 fully saturated rings. The van der Waals surface area contributed by atoms with Crippen LogP contribution >= 0.6 is 11.3 Å². The van der Waals surface area contributed by atoms with Crippen LogP contribution < -0.4 is 5.32 Å². The van der Waals surface area contributed by atoms with Crippen LogP contribution in [-0.2, 0) is 6.54 Å². The van der Waals surface area contributed by atoms with Gasteiger partial charge < -0.3 is 10.4 Å². The number of nitrogens with zero attached hydrogens (tertiary/aromatic N) is 1. The van der Waals surface area contributed by atoms with E-state index in [0.717, 1.165) is 16.0 Å². The number of benzene rings is 1. The Balaban J connectivity index is 2.07. The van der Waals surface area contributed by atoms with Crippen molar-refractivity contribution >= 4 is 17.2 Å². The second kappa shape index (κ2) is 7.58. The molecule has 1 heterocycles. The van der Waals surface area contributed by atoms with Gasteiger partial charge in [-0.2, -0.15) is 0 Å². The number of nitrogens with one attached hydrogen (secondary N) is 1. The first-order chi connectivity index (χ1) is 10.2.